The van der Waals surface area contributed by atoms with E-state index >= 15 is 0 Å². The highest BCUT2D eigenvalue weighted by molar-refractivity contribution is 9.10. The molecule has 0 bridgehead atoms. The Labute approximate surface area is 167 Å². The number of anilines is 1. The Morgan fingerprint density at radius 2 is 1.64 bits per heavy atom. The molecular formula is C21H13BrF4N2. The normalized spacial score (nSPS) is 13.9. The van der Waals surface area contributed by atoms with Crippen molar-refractivity contribution >= 4 is 33.1 Å². The molecule has 7 heteroatoms. The van der Waals surface area contributed by atoms with E-state index in [9.17, 15) is 17.6 Å². The molecule has 0 aromatic heterocycles. The standard InChI is InChI=1S/C21H13BrF4N2/c22-16-9-7-13(8-10-16)20-27-19-14(3-1-6-18(19)23)12-28(20)17-5-2-4-15(11-17)21(24,25)26/h1-11H,12H2. The predicted molar refractivity (Wildman–Crippen MR) is 104 cm³/mol. The summed E-state index contributed by atoms with van der Waals surface area (Å²) in [5.74, 6) is -0.0692. The molecule has 1 heterocycles. The van der Waals surface area contributed by atoms with Gasteiger partial charge in [-0.3, -0.25) is 0 Å². The number of benzene rings is 3. The van der Waals surface area contributed by atoms with Crippen LogP contribution in [0, 0.1) is 5.82 Å². The minimum atomic E-state index is -4.45. The van der Waals surface area contributed by atoms with Crippen LogP contribution >= 0.6 is 15.9 Å². The molecule has 3 aromatic carbocycles. The van der Waals surface area contributed by atoms with E-state index in [-0.39, 0.29) is 12.2 Å². The third-order valence-corrected chi connectivity index (χ3v) is 4.99. The first-order valence-electron chi connectivity index (χ1n) is 8.40. The molecule has 3 aromatic rings. The van der Waals surface area contributed by atoms with E-state index in [2.05, 4.69) is 20.9 Å². The number of hydrogen-bond donors (Lipinski definition) is 0. The summed E-state index contributed by atoms with van der Waals surface area (Å²) in [6.07, 6.45) is -4.45. The van der Waals surface area contributed by atoms with Gasteiger partial charge in [0.2, 0.25) is 0 Å². The number of nitrogens with zero attached hydrogens (tertiary/aromatic N) is 2. The molecule has 0 atom stereocenters. The Balaban J connectivity index is 1.87. The van der Waals surface area contributed by atoms with Crippen molar-refractivity contribution in [3.05, 3.63) is 93.7 Å². The first kappa shape index (κ1) is 18.7. The molecule has 2 nitrogen and oxygen atoms in total. The van der Waals surface area contributed by atoms with Crippen LogP contribution in [-0.4, -0.2) is 5.84 Å². The number of alkyl halides is 3. The minimum Gasteiger partial charge on any atom is -0.321 e. The monoisotopic (exact) mass is 448 g/mol. The molecule has 1 aliphatic heterocycles. The fourth-order valence-corrected chi connectivity index (χ4v) is 3.37. The summed E-state index contributed by atoms with van der Waals surface area (Å²) in [6.45, 7) is 0.212. The zero-order valence-corrected chi connectivity index (χ0v) is 15.9. The average Bonchev–Trinajstić information content (AvgIpc) is 2.68. The van der Waals surface area contributed by atoms with Crippen molar-refractivity contribution in [2.24, 2.45) is 4.99 Å². The molecule has 0 aliphatic carbocycles. The van der Waals surface area contributed by atoms with Crippen molar-refractivity contribution in [2.75, 3.05) is 4.90 Å². The van der Waals surface area contributed by atoms with Crippen LogP contribution in [0.2, 0.25) is 0 Å². The van der Waals surface area contributed by atoms with Crippen LogP contribution in [0.15, 0.2) is 76.2 Å². The molecule has 0 spiro atoms. The van der Waals surface area contributed by atoms with Crippen molar-refractivity contribution < 1.29 is 17.6 Å². The summed E-state index contributed by atoms with van der Waals surface area (Å²) in [5, 5.41) is 0. The zero-order valence-electron chi connectivity index (χ0n) is 14.3. The van der Waals surface area contributed by atoms with Crippen molar-refractivity contribution in [1.82, 2.24) is 0 Å². The molecule has 0 saturated carbocycles. The van der Waals surface area contributed by atoms with Gasteiger partial charge >= 0.3 is 6.18 Å². The first-order valence-corrected chi connectivity index (χ1v) is 9.19. The predicted octanol–water partition coefficient (Wildman–Crippen LogP) is 6.71. The van der Waals surface area contributed by atoms with Gasteiger partial charge in [0.05, 0.1) is 12.1 Å². The number of fused-ring (bicyclic) bond motifs is 1. The molecule has 0 N–H and O–H groups in total. The summed E-state index contributed by atoms with van der Waals surface area (Å²) < 4.78 is 54.7. The smallest absolute Gasteiger partial charge is 0.321 e. The highest BCUT2D eigenvalue weighted by Gasteiger charge is 2.32. The van der Waals surface area contributed by atoms with E-state index in [1.165, 1.54) is 12.1 Å². The molecule has 4 rings (SSSR count). The maximum absolute atomic E-state index is 14.3. The lowest BCUT2D eigenvalue weighted by molar-refractivity contribution is -0.137. The summed E-state index contributed by atoms with van der Waals surface area (Å²) in [6, 6.07) is 16.9. The molecule has 0 amide bonds. The van der Waals surface area contributed by atoms with Gasteiger partial charge in [-0.1, -0.05) is 46.3 Å². The lowest BCUT2D eigenvalue weighted by atomic mass is 10.1. The second-order valence-corrected chi connectivity index (χ2v) is 7.24. The fraction of sp³-hybridized carbons (Fsp3) is 0.0952. The van der Waals surface area contributed by atoms with E-state index in [4.69, 9.17) is 0 Å². The average molecular weight is 449 g/mol. The van der Waals surface area contributed by atoms with Gasteiger partial charge in [0.15, 0.2) is 0 Å². The van der Waals surface area contributed by atoms with Gasteiger partial charge in [0.1, 0.15) is 17.3 Å². The lowest BCUT2D eigenvalue weighted by Crippen LogP contribution is -2.34. The van der Waals surface area contributed by atoms with Crippen LogP contribution < -0.4 is 4.90 Å². The number of hydrogen-bond acceptors (Lipinski definition) is 2. The van der Waals surface area contributed by atoms with E-state index in [0.29, 0.717) is 22.6 Å². The van der Waals surface area contributed by atoms with E-state index in [1.54, 1.807) is 47.4 Å². The van der Waals surface area contributed by atoms with Crippen LogP contribution in [0.5, 0.6) is 0 Å². The largest absolute Gasteiger partial charge is 0.416 e. The Morgan fingerprint density at radius 3 is 2.36 bits per heavy atom. The van der Waals surface area contributed by atoms with Crippen LogP contribution in [-0.2, 0) is 12.7 Å². The Kier molecular flexibility index (Phi) is 4.71. The van der Waals surface area contributed by atoms with E-state index < -0.39 is 17.6 Å². The maximum Gasteiger partial charge on any atom is 0.416 e. The molecule has 142 valence electrons. The first-order chi connectivity index (χ1) is 13.3. The fourth-order valence-electron chi connectivity index (χ4n) is 3.11. The highest BCUT2D eigenvalue weighted by Crippen LogP contribution is 2.36. The van der Waals surface area contributed by atoms with Gasteiger partial charge in [-0.25, -0.2) is 9.38 Å². The summed E-state index contributed by atoms with van der Waals surface area (Å²) in [7, 11) is 0. The number of halogens is 5. The maximum atomic E-state index is 14.3. The summed E-state index contributed by atoms with van der Waals surface area (Å²) in [4.78, 5) is 6.13. The quantitative estimate of drug-likeness (QED) is 0.398. The van der Waals surface area contributed by atoms with Gasteiger partial charge in [-0.15, -0.1) is 0 Å². The van der Waals surface area contributed by atoms with Crippen LogP contribution in [0.3, 0.4) is 0 Å². The summed E-state index contributed by atoms with van der Waals surface area (Å²) >= 11 is 3.36. The minimum absolute atomic E-state index is 0.212. The Bertz CT molecular complexity index is 1060. The van der Waals surface area contributed by atoms with E-state index in [0.717, 1.165) is 16.6 Å². The van der Waals surface area contributed by atoms with Gasteiger partial charge in [0.25, 0.3) is 0 Å². The highest BCUT2D eigenvalue weighted by atomic mass is 79.9. The van der Waals surface area contributed by atoms with Gasteiger partial charge in [0, 0.05) is 21.3 Å². The van der Waals surface area contributed by atoms with Crippen molar-refractivity contribution in [1.29, 1.82) is 0 Å². The summed E-state index contributed by atoms with van der Waals surface area (Å²) in [5.41, 5.74) is 1.09. The Morgan fingerprint density at radius 1 is 0.929 bits per heavy atom. The molecule has 0 saturated heterocycles. The molecule has 0 unspecified atom stereocenters. The second kappa shape index (κ2) is 7.05. The topological polar surface area (TPSA) is 15.6 Å². The van der Waals surface area contributed by atoms with Gasteiger partial charge in [-0.2, -0.15) is 13.2 Å². The second-order valence-electron chi connectivity index (χ2n) is 6.32. The molecule has 0 fully saturated rings. The van der Waals surface area contributed by atoms with E-state index in [1.807, 2.05) is 0 Å². The van der Waals surface area contributed by atoms with Gasteiger partial charge < -0.3 is 4.90 Å². The molecule has 28 heavy (non-hydrogen) atoms. The lowest BCUT2D eigenvalue weighted by Gasteiger charge is -2.31. The number of rotatable bonds is 2. The SMILES string of the molecule is Fc1cccc2c1N=C(c1ccc(Br)cc1)N(c1cccc(C(F)(F)F)c1)C2. The molecule has 1 aliphatic rings. The van der Waals surface area contributed by atoms with Gasteiger partial charge in [-0.05, 0) is 36.4 Å². The number of aliphatic imine (C=N–C) groups is 1. The van der Waals surface area contributed by atoms with Crippen molar-refractivity contribution in [3.8, 4) is 0 Å². The van der Waals surface area contributed by atoms with Crippen LogP contribution in [0.1, 0.15) is 16.7 Å². The molecule has 0 radical (unpaired) electrons. The van der Waals surface area contributed by atoms with Crippen LogP contribution in [0.25, 0.3) is 0 Å². The van der Waals surface area contributed by atoms with Crippen molar-refractivity contribution in [3.63, 3.8) is 0 Å². The zero-order chi connectivity index (χ0) is 19.9. The number of amidine groups is 1. The Hall–Kier alpha value is -2.67. The van der Waals surface area contributed by atoms with Crippen LogP contribution in [0.4, 0.5) is 28.9 Å². The number of para-hydroxylation sites is 1. The third kappa shape index (κ3) is 3.54. The van der Waals surface area contributed by atoms with Crippen molar-refractivity contribution in [2.45, 2.75) is 12.7 Å². The third-order valence-electron chi connectivity index (χ3n) is 4.46. The molecular weight excluding hydrogens is 436 g/mol.